The molecule has 0 aliphatic rings. The van der Waals surface area contributed by atoms with Crippen LogP contribution in [-0.2, 0) is 0 Å². The third kappa shape index (κ3) is 4.37. The van der Waals surface area contributed by atoms with E-state index in [0.29, 0.717) is 11.7 Å². The first kappa shape index (κ1) is 21.1. The van der Waals surface area contributed by atoms with Crippen molar-refractivity contribution in [3.8, 4) is 0 Å². The summed E-state index contributed by atoms with van der Waals surface area (Å²) in [6, 6.07) is 35.0. The molecule has 29 heavy (non-hydrogen) atoms. The highest BCUT2D eigenvalue weighted by Gasteiger charge is 2.47. The van der Waals surface area contributed by atoms with Gasteiger partial charge in [-0.3, -0.25) is 9.78 Å². The molecule has 4 rings (SSSR count). The Bertz CT molecular complexity index is 945. The second kappa shape index (κ2) is 9.73. The van der Waals surface area contributed by atoms with Crippen molar-refractivity contribution >= 4 is 29.0 Å². The molecule has 0 aliphatic carbocycles. The Hall–Kier alpha value is -2.61. The lowest BCUT2D eigenvalue weighted by Gasteiger charge is -2.27. The van der Waals surface area contributed by atoms with E-state index in [9.17, 15) is 4.79 Å². The number of pyridine rings is 1. The maximum Gasteiger partial charge on any atom is 0.201 e. The number of halogens is 1. The van der Waals surface area contributed by atoms with E-state index in [1.54, 1.807) is 24.5 Å². The largest absolute Gasteiger partial charge is 1.00 e. The van der Waals surface area contributed by atoms with E-state index in [-0.39, 0.29) is 22.8 Å². The van der Waals surface area contributed by atoms with Gasteiger partial charge >= 0.3 is 0 Å². The number of benzene rings is 3. The summed E-state index contributed by atoms with van der Waals surface area (Å²) in [4.78, 5) is 17.4. The normalized spacial score (nSPS) is 10.8. The number of nitrogens with zero attached hydrogens (tertiary/aromatic N) is 1. The molecular formula is C25H21BrNOP. The predicted octanol–water partition coefficient (Wildman–Crippen LogP) is 1.26. The van der Waals surface area contributed by atoms with E-state index in [2.05, 4.69) is 77.8 Å². The zero-order chi connectivity index (χ0) is 19.2. The topological polar surface area (TPSA) is 30.0 Å². The zero-order valence-electron chi connectivity index (χ0n) is 15.9. The van der Waals surface area contributed by atoms with Crippen molar-refractivity contribution in [1.82, 2.24) is 4.98 Å². The van der Waals surface area contributed by atoms with Gasteiger partial charge in [-0.15, -0.1) is 0 Å². The number of rotatable bonds is 6. The molecule has 0 N–H and O–H groups in total. The first-order valence-corrected chi connectivity index (χ1v) is 11.3. The third-order valence-corrected chi connectivity index (χ3v) is 9.27. The van der Waals surface area contributed by atoms with E-state index in [1.165, 1.54) is 15.9 Å². The number of hydrogen-bond donors (Lipinski definition) is 0. The SMILES string of the molecule is O=C(C[P+](c1ccccc1)(c1ccccc1)c1ccccc1)c1ccncc1.[Br-]. The van der Waals surface area contributed by atoms with Gasteiger partial charge in [-0.1, -0.05) is 54.6 Å². The maximum atomic E-state index is 13.4. The van der Waals surface area contributed by atoms with E-state index in [1.807, 2.05) is 18.2 Å². The molecule has 0 amide bonds. The lowest BCUT2D eigenvalue weighted by atomic mass is 10.2. The number of Topliss-reactive ketones (excluding diaryl/α,β-unsaturated/α-hetero) is 1. The molecule has 1 aromatic heterocycles. The van der Waals surface area contributed by atoms with Gasteiger partial charge in [-0.05, 0) is 48.5 Å². The van der Waals surface area contributed by atoms with Gasteiger partial charge in [0.05, 0.1) is 0 Å². The van der Waals surface area contributed by atoms with Crippen LogP contribution in [0.5, 0.6) is 0 Å². The van der Waals surface area contributed by atoms with Gasteiger partial charge < -0.3 is 17.0 Å². The monoisotopic (exact) mass is 461 g/mol. The molecule has 0 unspecified atom stereocenters. The number of aromatic nitrogens is 1. The van der Waals surface area contributed by atoms with Crippen molar-refractivity contribution in [1.29, 1.82) is 0 Å². The molecule has 0 aliphatic heterocycles. The highest BCUT2D eigenvalue weighted by atomic mass is 79.9. The van der Waals surface area contributed by atoms with E-state index >= 15 is 0 Å². The van der Waals surface area contributed by atoms with Crippen LogP contribution in [0.25, 0.3) is 0 Å². The van der Waals surface area contributed by atoms with E-state index in [4.69, 9.17) is 0 Å². The fourth-order valence-corrected chi connectivity index (χ4v) is 7.71. The van der Waals surface area contributed by atoms with Crippen LogP contribution in [0.4, 0.5) is 0 Å². The van der Waals surface area contributed by atoms with Crippen molar-refractivity contribution < 1.29 is 21.8 Å². The van der Waals surface area contributed by atoms with Crippen LogP contribution in [0.2, 0.25) is 0 Å². The van der Waals surface area contributed by atoms with Crippen molar-refractivity contribution in [2.45, 2.75) is 0 Å². The molecule has 4 aromatic rings. The second-order valence-electron chi connectivity index (χ2n) is 6.63. The molecule has 0 saturated carbocycles. The van der Waals surface area contributed by atoms with Crippen molar-refractivity contribution in [2.75, 3.05) is 6.16 Å². The van der Waals surface area contributed by atoms with Crippen LogP contribution in [0.3, 0.4) is 0 Å². The number of carbonyl (C=O) groups is 1. The van der Waals surface area contributed by atoms with Gasteiger partial charge in [0.25, 0.3) is 0 Å². The Morgan fingerprint density at radius 2 is 1.00 bits per heavy atom. The molecular weight excluding hydrogens is 441 g/mol. The van der Waals surface area contributed by atoms with Gasteiger partial charge in [-0.25, -0.2) is 0 Å². The van der Waals surface area contributed by atoms with Crippen LogP contribution < -0.4 is 32.9 Å². The first-order valence-electron chi connectivity index (χ1n) is 9.29. The van der Waals surface area contributed by atoms with Gasteiger partial charge in [0.1, 0.15) is 29.3 Å². The van der Waals surface area contributed by atoms with Gasteiger partial charge in [0, 0.05) is 18.0 Å². The van der Waals surface area contributed by atoms with Crippen molar-refractivity contribution in [3.63, 3.8) is 0 Å². The van der Waals surface area contributed by atoms with Crippen LogP contribution in [0, 0.1) is 0 Å². The summed E-state index contributed by atoms with van der Waals surface area (Å²) in [7, 11) is -2.14. The Morgan fingerprint density at radius 3 is 1.38 bits per heavy atom. The molecule has 0 atom stereocenters. The highest BCUT2D eigenvalue weighted by molar-refractivity contribution is 7.96. The fraction of sp³-hybridized carbons (Fsp3) is 0.0400. The minimum Gasteiger partial charge on any atom is -1.00 e. The minimum atomic E-state index is -2.14. The molecule has 0 spiro atoms. The lowest BCUT2D eigenvalue weighted by Crippen LogP contribution is -3.00. The van der Waals surface area contributed by atoms with Crippen LogP contribution in [0.15, 0.2) is 116 Å². The average molecular weight is 462 g/mol. The molecule has 0 saturated heterocycles. The lowest BCUT2D eigenvalue weighted by molar-refractivity contribution is -0.0000132. The summed E-state index contributed by atoms with van der Waals surface area (Å²) in [5, 5.41) is 3.65. The van der Waals surface area contributed by atoms with Crippen LogP contribution in [-0.4, -0.2) is 16.9 Å². The molecule has 0 fully saturated rings. The Balaban J connectivity index is 0.00000240. The minimum absolute atomic E-state index is 0. The number of ketones is 1. The third-order valence-electron chi connectivity index (χ3n) is 4.97. The summed E-state index contributed by atoms with van der Waals surface area (Å²) in [6.07, 6.45) is 3.82. The highest BCUT2D eigenvalue weighted by Crippen LogP contribution is 2.55. The van der Waals surface area contributed by atoms with Gasteiger partial charge in [-0.2, -0.15) is 0 Å². The Morgan fingerprint density at radius 1 is 0.621 bits per heavy atom. The summed E-state index contributed by atoms with van der Waals surface area (Å²) in [5.74, 6) is 0.146. The molecule has 144 valence electrons. The Kier molecular flexibility index (Phi) is 7.09. The predicted molar refractivity (Wildman–Crippen MR) is 119 cm³/mol. The first-order chi connectivity index (χ1) is 13.8. The molecule has 0 radical (unpaired) electrons. The molecule has 3 aromatic carbocycles. The molecule has 4 heteroatoms. The van der Waals surface area contributed by atoms with Gasteiger partial charge in [0.2, 0.25) is 5.78 Å². The van der Waals surface area contributed by atoms with E-state index < -0.39 is 7.26 Å². The number of carbonyl (C=O) groups excluding carboxylic acids is 1. The molecule has 2 nitrogen and oxygen atoms in total. The maximum absolute atomic E-state index is 13.4. The summed E-state index contributed by atoms with van der Waals surface area (Å²) >= 11 is 0. The van der Waals surface area contributed by atoms with Crippen molar-refractivity contribution in [2.24, 2.45) is 0 Å². The summed E-state index contributed by atoms with van der Waals surface area (Å²) in [6.45, 7) is 0. The van der Waals surface area contributed by atoms with E-state index in [0.717, 1.165) is 0 Å². The Labute approximate surface area is 182 Å². The number of hydrogen-bond acceptors (Lipinski definition) is 2. The molecule has 1 heterocycles. The summed E-state index contributed by atoms with van der Waals surface area (Å²) < 4.78 is 0. The quantitative estimate of drug-likeness (QED) is 0.319. The average Bonchev–Trinajstić information content (AvgIpc) is 2.80. The fourth-order valence-electron chi connectivity index (χ4n) is 3.61. The second-order valence-corrected chi connectivity index (χ2v) is 10.1. The van der Waals surface area contributed by atoms with Crippen molar-refractivity contribution in [3.05, 3.63) is 121 Å². The van der Waals surface area contributed by atoms with Crippen LogP contribution >= 0.6 is 7.26 Å². The van der Waals surface area contributed by atoms with Crippen LogP contribution in [0.1, 0.15) is 10.4 Å². The molecule has 0 bridgehead atoms. The standard InChI is InChI=1S/C25H21NOP.BrH/c27-25(21-16-18-26-19-17-21)20-28(22-10-4-1-5-11-22,23-12-6-2-7-13-23)24-14-8-3-9-15-24;/h1-19H,20H2;1H/q+1;/p-1. The zero-order valence-corrected chi connectivity index (χ0v) is 18.3. The van der Waals surface area contributed by atoms with Gasteiger partial charge in [0.15, 0.2) is 0 Å². The summed E-state index contributed by atoms with van der Waals surface area (Å²) in [5.41, 5.74) is 0.710. The smallest absolute Gasteiger partial charge is 0.201 e.